The van der Waals surface area contributed by atoms with Gasteiger partial charge in [0.15, 0.2) is 5.82 Å². The zero-order valence-corrected chi connectivity index (χ0v) is 18.3. The lowest BCUT2D eigenvalue weighted by molar-refractivity contribution is -0.150. The van der Waals surface area contributed by atoms with Crippen molar-refractivity contribution in [1.82, 2.24) is 24.8 Å². The van der Waals surface area contributed by atoms with Gasteiger partial charge in [-0.25, -0.2) is 19.9 Å². The van der Waals surface area contributed by atoms with Crippen LogP contribution in [-0.4, -0.2) is 70.1 Å². The molecule has 0 amide bonds. The van der Waals surface area contributed by atoms with Gasteiger partial charge < -0.3 is 15.0 Å². The van der Waals surface area contributed by atoms with Crippen molar-refractivity contribution in [2.45, 2.75) is 12.8 Å². The second kappa shape index (κ2) is 9.22. The van der Waals surface area contributed by atoms with Crippen molar-refractivity contribution in [2.24, 2.45) is 5.92 Å². The summed E-state index contributed by atoms with van der Waals surface area (Å²) in [4.78, 5) is 33.9. The zero-order valence-electron chi connectivity index (χ0n) is 17.6. The molecule has 2 aromatic heterocycles. The van der Waals surface area contributed by atoms with Crippen LogP contribution in [0.2, 0.25) is 5.02 Å². The van der Waals surface area contributed by atoms with E-state index in [0.29, 0.717) is 46.9 Å². The van der Waals surface area contributed by atoms with E-state index in [1.54, 1.807) is 6.20 Å². The number of cyclic esters (lactones) is 1. The minimum atomic E-state index is -0.123. The van der Waals surface area contributed by atoms with E-state index in [2.05, 4.69) is 30.1 Å². The fraction of sp³-hybridized carbons (Fsp3) is 0.409. The molecule has 2 saturated heterocycles. The predicted molar refractivity (Wildman–Crippen MR) is 122 cm³/mol. The van der Waals surface area contributed by atoms with Crippen molar-refractivity contribution < 1.29 is 9.53 Å². The summed E-state index contributed by atoms with van der Waals surface area (Å²) < 4.78 is 5.03. The first-order chi connectivity index (χ1) is 15.6. The van der Waals surface area contributed by atoms with Gasteiger partial charge in [-0.1, -0.05) is 17.7 Å². The molecule has 3 aromatic rings. The number of benzene rings is 1. The van der Waals surface area contributed by atoms with Crippen LogP contribution in [0, 0.1) is 5.92 Å². The first-order valence-corrected chi connectivity index (χ1v) is 11.1. The Labute approximate surface area is 190 Å². The number of hydrogen-bond acceptors (Lipinski definition) is 9. The molecule has 0 radical (unpaired) electrons. The van der Waals surface area contributed by atoms with Crippen molar-refractivity contribution >= 4 is 46.1 Å². The maximum Gasteiger partial charge on any atom is 0.320 e. The number of piperidine rings is 1. The van der Waals surface area contributed by atoms with Gasteiger partial charge in [0, 0.05) is 36.9 Å². The molecule has 1 aromatic carbocycles. The molecule has 1 N–H and O–H groups in total. The number of halogens is 1. The highest BCUT2D eigenvalue weighted by Crippen LogP contribution is 2.26. The molecule has 0 bridgehead atoms. The summed E-state index contributed by atoms with van der Waals surface area (Å²) in [6.45, 7) is 4.40. The van der Waals surface area contributed by atoms with Gasteiger partial charge in [-0.15, -0.1) is 0 Å². The maximum absolute atomic E-state index is 11.5. The van der Waals surface area contributed by atoms with Gasteiger partial charge in [0.1, 0.15) is 24.0 Å². The molecule has 32 heavy (non-hydrogen) atoms. The van der Waals surface area contributed by atoms with Crippen LogP contribution >= 0.6 is 11.6 Å². The smallest absolute Gasteiger partial charge is 0.320 e. The Kier molecular flexibility index (Phi) is 6.00. The van der Waals surface area contributed by atoms with Gasteiger partial charge in [-0.2, -0.15) is 0 Å². The van der Waals surface area contributed by atoms with Crippen LogP contribution in [0.15, 0.2) is 36.8 Å². The summed E-state index contributed by atoms with van der Waals surface area (Å²) in [6, 6.07) is 7.47. The first-order valence-electron chi connectivity index (χ1n) is 10.8. The molecule has 2 fully saturated rings. The Morgan fingerprint density at radius 3 is 2.84 bits per heavy atom. The van der Waals surface area contributed by atoms with Crippen molar-refractivity contribution in [1.29, 1.82) is 0 Å². The summed E-state index contributed by atoms with van der Waals surface area (Å²) in [6.07, 6.45) is 5.31. The SMILES string of the molecule is O=C1CN(CC2CCN(c3ncc4ncnc(Nc5cccc(Cl)c5)c4n3)CC2)CCO1. The zero-order chi connectivity index (χ0) is 21.9. The van der Waals surface area contributed by atoms with E-state index in [1.165, 1.54) is 6.33 Å². The van der Waals surface area contributed by atoms with Crippen molar-refractivity contribution in [3.8, 4) is 0 Å². The van der Waals surface area contributed by atoms with E-state index >= 15 is 0 Å². The van der Waals surface area contributed by atoms with E-state index in [1.807, 2.05) is 24.3 Å². The van der Waals surface area contributed by atoms with Crippen LogP contribution in [0.5, 0.6) is 0 Å². The number of nitrogens with zero attached hydrogens (tertiary/aromatic N) is 6. The molecule has 9 nitrogen and oxygen atoms in total. The largest absolute Gasteiger partial charge is 0.463 e. The number of rotatable bonds is 5. The third-order valence-electron chi connectivity index (χ3n) is 5.89. The van der Waals surface area contributed by atoms with Crippen LogP contribution in [0.25, 0.3) is 11.0 Å². The molecule has 5 rings (SSSR count). The Morgan fingerprint density at radius 1 is 1.16 bits per heavy atom. The highest BCUT2D eigenvalue weighted by Gasteiger charge is 2.26. The van der Waals surface area contributed by atoms with Crippen LogP contribution in [0.4, 0.5) is 17.5 Å². The van der Waals surface area contributed by atoms with E-state index < -0.39 is 0 Å². The normalized spacial score (nSPS) is 18.0. The molecule has 4 heterocycles. The highest BCUT2D eigenvalue weighted by molar-refractivity contribution is 6.30. The summed E-state index contributed by atoms with van der Waals surface area (Å²) in [5.74, 6) is 1.73. The monoisotopic (exact) mass is 453 g/mol. The minimum absolute atomic E-state index is 0.123. The van der Waals surface area contributed by atoms with Crippen molar-refractivity contribution in [3.63, 3.8) is 0 Å². The van der Waals surface area contributed by atoms with Gasteiger partial charge in [0.2, 0.25) is 5.95 Å². The number of esters is 1. The third kappa shape index (κ3) is 4.73. The van der Waals surface area contributed by atoms with Crippen LogP contribution in [0.1, 0.15) is 12.8 Å². The number of ether oxygens (including phenoxy) is 1. The number of morpholine rings is 1. The van der Waals surface area contributed by atoms with Crippen molar-refractivity contribution in [3.05, 3.63) is 41.8 Å². The van der Waals surface area contributed by atoms with Gasteiger partial charge >= 0.3 is 5.97 Å². The average Bonchev–Trinajstić information content (AvgIpc) is 2.80. The number of hydrogen-bond donors (Lipinski definition) is 1. The molecule has 2 aliphatic rings. The number of anilines is 3. The molecule has 2 aliphatic heterocycles. The lowest BCUT2D eigenvalue weighted by Gasteiger charge is -2.35. The molecule has 166 valence electrons. The number of carbonyl (C=O) groups excluding carboxylic acids is 1. The number of carbonyl (C=O) groups is 1. The quantitative estimate of drug-likeness (QED) is 0.585. The average molecular weight is 454 g/mol. The molecule has 0 spiro atoms. The second-order valence-electron chi connectivity index (χ2n) is 8.15. The van der Waals surface area contributed by atoms with Crippen LogP contribution < -0.4 is 10.2 Å². The number of fused-ring (bicyclic) bond motifs is 1. The van der Waals surface area contributed by atoms with Gasteiger partial charge in [-0.05, 0) is 37.0 Å². The number of nitrogens with one attached hydrogen (secondary N) is 1. The summed E-state index contributed by atoms with van der Waals surface area (Å²) in [5, 5.41) is 3.93. The lowest BCUT2D eigenvalue weighted by Crippen LogP contribution is -2.44. The highest BCUT2D eigenvalue weighted by atomic mass is 35.5. The summed E-state index contributed by atoms with van der Waals surface area (Å²) >= 11 is 6.11. The fourth-order valence-electron chi connectivity index (χ4n) is 4.22. The topological polar surface area (TPSA) is 96.4 Å². The fourth-order valence-corrected chi connectivity index (χ4v) is 4.41. The molecular formula is C22H24ClN7O2. The van der Waals surface area contributed by atoms with E-state index in [0.717, 1.165) is 44.7 Å². The molecule has 10 heteroatoms. The molecule has 0 saturated carbocycles. The standard InChI is InChI=1S/C22H24ClN7O2/c23-16-2-1-3-17(10-16)27-21-20-18(25-14-26-21)11-24-22(28-20)30-6-4-15(5-7-30)12-29-8-9-32-19(31)13-29/h1-3,10-11,14-15H,4-9,12-13H2,(H,25,26,27). The Balaban J connectivity index is 1.28. The Morgan fingerprint density at radius 2 is 2.03 bits per heavy atom. The summed E-state index contributed by atoms with van der Waals surface area (Å²) in [7, 11) is 0. The Bertz CT molecular complexity index is 1120. The lowest BCUT2D eigenvalue weighted by atomic mass is 9.96. The van der Waals surface area contributed by atoms with E-state index in [9.17, 15) is 4.79 Å². The predicted octanol–water partition coefficient (Wildman–Crippen LogP) is 2.89. The van der Waals surface area contributed by atoms with Crippen molar-refractivity contribution in [2.75, 3.05) is 49.5 Å². The van der Waals surface area contributed by atoms with E-state index in [-0.39, 0.29) is 5.97 Å². The van der Waals surface area contributed by atoms with Crippen LogP contribution in [-0.2, 0) is 9.53 Å². The van der Waals surface area contributed by atoms with Gasteiger partial charge in [-0.3, -0.25) is 9.69 Å². The Hall–Kier alpha value is -3.04. The molecular weight excluding hydrogens is 430 g/mol. The number of aromatic nitrogens is 4. The second-order valence-corrected chi connectivity index (χ2v) is 8.58. The summed E-state index contributed by atoms with van der Waals surface area (Å²) in [5.41, 5.74) is 2.19. The van der Waals surface area contributed by atoms with E-state index in [4.69, 9.17) is 21.3 Å². The van der Waals surface area contributed by atoms with Crippen LogP contribution in [0.3, 0.4) is 0 Å². The van der Waals surface area contributed by atoms with Gasteiger partial charge in [0.25, 0.3) is 0 Å². The molecule has 0 unspecified atom stereocenters. The molecule has 0 aliphatic carbocycles. The molecule has 0 atom stereocenters. The minimum Gasteiger partial charge on any atom is -0.463 e. The van der Waals surface area contributed by atoms with Gasteiger partial charge in [0.05, 0.1) is 12.7 Å². The maximum atomic E-state index is 11.5. The first kappa shape index (κ1) is 20.8. The third-order valence-corrected chi connectivity index (χ3v) is 6.12.